The first kappa shape index (κ1) is 22.2. The maximum atomic E-state index is 12.6. The molecule has 30 heavy (non-hydrogen) atoms. The van der Waals surface area contributed by atoms with Gasteiger partial charge in [0.2, 0.25) is 5.75 Å². The van der Waals surface area contributed by atoms with Gasteiger partial charge in [-0.1, -0.05) is 12.8 Å². The predicted octanol–water partition coefficient (Wildman–Crippen LogP) is 4.51. The van der Waals surface area contributed by atoms with E-state index < -0.39 is 0 Å². The number of carbonyl (C=O) groups excluding carboxylic acids is 1. The van der Waals surface area contributed by atoms with Crippen LogP contribution in [0.1, 0.15) is 37.3 Å². The highest BCUT2D eigenvalue weighted by atomic mass is 32.1. The summed E-state index contributed by atoms with van der Waals surface area (Å²) in [6.07, 6.45) is 4.97. The Hall–Kier alpha value is -2.45. The minimum atomic E-state index is -0.265. The summed E-state index contributed by atoms with van der Waals surface area (Å²) in [4.78, 5) is 15.1. The summed E-state index contributed by atoms with van der Waals surface area (Å²) in [5.41, 5.74) is 1.83. The molecule has 1 atom stereocenters. The van der Waals surface area contributed by atoms with E-state index in [4.69, 9.17) is 14.2 Å². The van der Waals surface area contributed by atoms with Gasteiger partial charge in [0.25, 0.3) is 0 Å². The fourth-order valence-corrected chi connectivity index (χ4v) is 4.55. The molecule has 1 fully saturated rings. The number of likely N-dealkylation sites (tertiary alicyclic amines) is 1. The van der Waals surface area contributed by atoms with E-state index in [-0.39, 0.29) is 12.1 Å². The Bertz CT molecular complexity index is 780. The highest BCUT2D eigenvalue weighted by Crippen LogP contribution is 2.39. The fourth-order valence-electron chi connectivity index (χ4n) is 3.85. The monoisotopic (exact) mass is 433 g/mol. The SMILES string of the molecule is COc1cc(NC(=O)NCC(c2ccsc2)N2CCCCCC2)cc(OC)c1OC. The average molecular weight is 434 g/mol. The first-order valence-electron chi connectivity index (χ1n) is 10.3. The molecule has 1 aliphatic heterocycles. The fraction of sp³-hybridized carbons (Fsp3) is 0.500. The van der Waals surface area contributed by atoms with Crippen molar-refractivity contribution >= 4 is 23.1 Å². The Kier molecular flexibility index (Phi) is 8.21. The molecule has 1 aliphatic rings. The molecule has 1 aromatic carbocycles. The number of benzene rings is 1. The number of nitrogens with zero attached hydrogens (tertiary/aromatic N) is 1. The van der Waals surface area contributed by atoms with E-state index in [1.54, 1.807) is 44.8 Å². The van der Waals surface area contributed by atoms with Crippen LogP contribution in [0.5, 0.6) is 17.2 Å². The Morgan fingerprint density at radius 1 is 1.07 bits per heavy atom. The minimum Gasteiger partial charge on any atom is -0.493 e. The predicted molar refractivity (Wildman–Crippen MR) is 120 cm³/mol. The molecule has 7 nitrogen and oxygen atoms in total. The number of thiophene rings is 1. The molecule has 0 bridgehead atoms. The van der Waals surface area contributed by atoms with Gasteiger partial charge in [0, 0.05) is 18.7 Å². The molecular weight excluding hydrogens is 402 g/mol. The summed E-state index contributed by atoms with van der Waals surface area (Å²) in [5, 5.41) is 10.2. The Balaban J connectivity index is 1.67. The standard InChI is InChI=1S/C22H31N3O4S/c1-27-19-12-17(13-20(28-2)21(19)29-3)24-22(26)23-14-18(16-8-11-30-15-16)25-9-6-4-5-7-10-25/h8,11-13,15,18H,4-7,9-10,14H2,1-3H3,(H2,23,24,26). The van der Waals surface area contributed by atoms with Crippen molar-refractivity contribution in [1.82, 2.24) is 10.2 Å². The van der Waals surface area contributed by atoms with E-state index in [0.29, 0.717) is 29.5 Å². The summed E-state index contributed by atoms with van der Waals surface area (Å²) in [5.74, 6) is 1.48. The highest BCUT2D eigenvalue weighted by Gasteiger charge is 2.23. The number of hydrogen-bond donors (Lipinski definition) is 2. The van der Waals surface area contributed by atoms with Crippen LogP contribution >= 0.6 is 11.3 Å². The number of ether oxygens (including phenoxy) is 3. The zero-order chi connectivity index (χ0) is 21.3. The Morgan fingerprint density at radius 3 is 2.27 bits per heavy atom. The topological polar surface area (TPSA) is 72.1 Å². The summed E-state index contributed by atoms with van der Waals surface area (Å²) in [6.45, 7) is 2.68. The van der Waals surface area contributed by atoms with Crippen LogP contribution < -0.4 is 24.8 Å². The van der Waals surface area contributed by atoms with Crippen LogP contribution in [0, 0.1) is 0 Å². The van der Waals surface area contributed by atoms with Gasteiger partial charge in [0.15, 0.2) is 11.5 Å². The summed E-state index contributed by atoms with van der Waals surface area (Å²) >= 11 is 1.69. The second kappa shape index (κ2) is 11.1. The van der Waals surface area contributed by atoms with E-state index in [2.05, 4.69) is 32.4 Å². The lowest BCUT2D eigenvalue weighted by molar-refractivity contribution is 0.199. The molecule has 0 radical (unpaired) electrons. The van der Waals surface area contributed by atoms with Gasteiger partial charge >= 0.3 is 6.03 Å². The molecular formula is C22H31N3O4S. The van der Waals surface area contributed by atoms with Gasteiger partial charge in [-0.15, -0.1) is 0 Å². The second-order valence-electron chi connectivity index (χ2n) is 7.27. The van der Waals surface area contributed by atoms with Crippen LogP contribution in [0.2, 0.25) is 0 Å². The Morgan fingerprint density at radius 2 is 1.73 bits per heavy atom. The number of carbonyl (C=O) groups is 1. The normalized spacial score (nSPS) is 15.7. The maximum absolute atomic E-state index is 12.6. The molecule has 2 N–H and O–H groups in total. The third kappa shape index (κ3) is 5.58. The van der Waals surface area contributed by atoms with Gasteiger partial charge in [0.05, 0.1) is 33.1 Å². The van der Waals surface area contributed by atoms with Crippen molar-refractivity contribution in [2.24, 2.45) is 0 Å². The van der Waals surface area contributed by atoms with Crippen molar-refractivity contribution in [2.75, 3.05) is 46.3 Å². The lowest BCUT2D eigenvalue weighted by Gasteiger charge is -2.30. The number of methoxy groups -OCH3 is 3. The van der Waals surface area contributed by atoms with E-state index in [0.717, 1.165) is 13.1 Å². The third-order valence-corrected chi connectivity index (χ3v) is 6.09. The van der Waals surface area contributed by atoms with E-state index >= 15 is 0 Å². The number of hydrogen-bond acceptors (Lipinski definition) is 6. The minimum absolute atomic E-state index is 0.181. The molecule has 1 unspecified atom stereocenters. The van der Waals surface area contributed by atoms with Gasteiger partial charge in [-0.3, -0.25) is 4.90 Å². The summed E-state index contributed by atoms with van der Waals surface area (Å²) < 4.78 is 16.0. The molecule has 164 valence electrons. The molecule has 3 rings (SSSR count). The van der Waals surface area contributed by atoms with Gasteiger partial charge in [-0.25, -0.2) is 4.79 Å². The van der Waals surface area contributed by atoms with Crippen molar-refractivity contribution in [2.45, 2.75) is 31.7 Å². The van der Waals surface area contributed by atoms with Crippen LogP contribution in [-0.4, -0.2) is 51.9 Å². The quantitative estimate of drug-likeness (QED) is 0.641. The van der Waals surface area contributed by atoms with Crippen molar-refractivity contribution in [3.8, 4) is 17.2 Å². The highest BCUT2D eigenvalue weighted by molar-refractivity contribution is 7.07. The first-order chi connectivity index (χ1) is 14.7. The van der Waals surface area contributed by atoms with Gasteiger partial charge in [-0.05, 0) is 48.3 Å². The van der Waals surface area contributed by atoms with Gasteiger partial charge in [-0.2, -0.15) is 11.3 Å². The molecule has 2 aromatic rings. The molecule has 1 aromatic heterocycles. The lowest BCUT2D eigenvalue weighted by atomic mass is 10.1. The Labute approximate surface area is 182 Å². The first-order valence-corrected chi connectivity index (χ1v) is 11.2. The zero-order valence-corrected chi connectivity index (χ0v) is 18.7. The average Bonchev–Trinajstić information content (AvgIpc) is 3.15. The molecule has 0 aliphatic carbocycles. The second-order valence-corrected chi connectivity index (χ2v) is 8.05. The summed E-state index contributed by atoms with van der Waals surface area (Å²) in [7, 11) is 4.65. The van der Waals surface area contributed by atoms with Crippen LogP contribution in [0.25, 0.3) is 0 Å². The van der Waals surface area contributed by atoms with E-state index in [1.807, 2.05) is 0 Å². The molecule has 2 heterocycles. The van der Waals surface area contributed by atoms with Crippen LogP contribution in [0.3, 0.4) is 0 Å². The largest absolute Gasteiger partial charge is 0.493 e. The smallest absolute Gasteiger partial charge is 0.319 e. The van der Waals surface area contributed by atoms with Crippen molar-refractivity contribution in [3.63, 3.8) is 0 Å². The van der Waals surface area contributed by atoms with Crippen LogP contribution in [0.15, 0.2) is 29.0 Å². The van der Waals surface area contributed by atoms with E-state index in [1.165, 1.54) is 31.2 Å². The summed E-state index contributed by atoms with van der Waals surface area (Å²) in [6, 6.07) is 5.50. The molecule has 0 spiro atoms. The van der Waals surface area contributed by atoms with Crippen LogP contribution in [0.4, 0.5) is 10.5 Å². The molecule has 1 saturated heterocycles. The molecule has 0 saturated carbocycles. The van der Waals surface area contributed by atoms with Gasteiger partial charge in [0.1, 0.15) is 0 Å². The third-order valence-electron chi connectivity index (χ3n) is 5.39. The number of rotatable bonds is 8. The molecule has 2 amide bonds. The number of nitrogens with one attached hydrogen (secondary N) is 2. The van der Waals surface area contributed by atoms with Crippen molar-refractivity contribution in [1.29, 1.82) is 0 Å². The number of anilines is 1. The van der Waals surface area contributed by atoms with E-state index in [9.17, 15) is 4.79 Å². The van der Waals surface area contributed by atoms with Crippen molar-refractivity contribution < 1.29 is 19.0 Å². The lowest BCUT2D eigenvalue weighted by Crippen LogP contribution is -2.40. The zero-order valence-electron chi connectivity index (χ0n) is 17.9. The van der Waals surface area contributed by atoms with Gasteiger partial charge < -0.3 is 24.8 Å². The maximum Gasteiger partial charge on any atom is 0.319 e. The van der Waals surface area contributed by atoms with Crippen molar-refractivity contribution in [3.05, 3.63) is 34.5 Å². The van der Waals surface area contributed by atoms with Crippen LogP contribution in [-0.2, 0) is 0 Å². The molecule has 8 heteroatoms. The number of urea groups is 1. The number of amides is 2.